The molecule has 1 aliphatic heterocycles. The summed E-state index contributed by atoms with van der Waals surface area (Å²) in [6.07, 6.45) is -0.621. The maximum atomic E-state index is 14.4. The van der Waals surface area contributed by atoms with E-state index < -0.39 is 11.9 Å². The quantitative estimate of drug-likeness (QED) is 0.294. The number of ether oxygens (including phenoxy) is 2. The summed E-state index contributed by atoms with van der Waals surface area (Å²) in [4.78, 5) is 14.4. The van der Waals surface area contributed by atoms with Gasteiger partial charge >= 0.3 is 0 Å². The Kier molecular flexibility index (Phi) is 4.79. The third-order valence-electron chi connectivity index (χ3n) is 6.44. The molecule has 0 saturated carbocycles. The monoisotopic (exact) mass is 430 g/mol. The number of rotatable bonds is 4. The Balaban J connectivity index is 1.56. The van der Waals surface area contributed by atoms with Crippen molar-refractivity contribution in [3.8, 4) is 0 Å². The molecule has 0 aromatic heterocycles. The van der Waals surface area contributed by atoms with Gasteiger partial charge in [-0.15, -0.1) is 0 Å². The molecule has 0 N–H and O–H groups in total. The maximum Gasteiger partial charge on any atom is 0.202 e. The molecule has 3 heteroatoms. The molecule has 1 heterocycles. The summed E-state index contributed by atoms with van der Waals surface area (Å²) in [5, 5.41) is 3.99. The highest BCUT2D eigenvalue weighted by molar-refractivity contribution is 6.13. The van der Waals surface area contributed by atoms with E-state index in [9.17, 15) is 4.79 Å². The lowest BCUT2D eigenvalue weighted by molar-refractivity contribution is -0.0824. The average Bonchev–Trinajstić information content (AvgIpc) is 3.35. The van der Waals surface area contributed by atoms with Crippen molar-refractivity contribution in [1.29, 1.82) is 0 Å². The molecular formula is C30H22O3. The lowest BCUT2D eigenvalue weighted by Crippen LogP contribution is -2.39. The predicted octanol–water partition coefficient (Wildman–Crippen LogP) is 6.82. The van der Waals surface area contributed by atoms with E-state index in [1.165, 1.54) is 0 Å². The smallest absolute Gasteiger partial charge is 0.202 e. The van der Waals surface area contributed by atoms with Crippen molar-refractivity contribution in [1.82, 2.24) is 0 Å². The summed E-state index contributed by atoms with van der Waals surface area (Å²) < 4.78 is 12.8. The zero-order valence-electron chi connectivity index (χ0n) is 18.0. The molecule has 0 radical (unpaired) electrons. The molecule has 160 valence electrons. The van der Waals surface area contributed by atoms with Gasteiger partial charge < -0.3 is 9.47 Å². The second-order valence-electron chi connectivity index (χ2n) is 8.38. The van der Waals surface area contributed by atoms with Crippen LogP contribution in [0.3, 0.4) is 0 Å². The van der Waals surface area contributed by atoms with E-state index in [0.717, 1.165) is 32.7 Å². The minimum atomic E-state index is -1.26. The molecule has 5 aromatic carbocycles. The topological polar surface area (TPSA) is 35.5 Å². The third-order valence-corrected chi connectivity index (χ3v) is 6.44. The van der Waals surface area contributed by atoms with E-state index in [1.807, 2.05) is 103 Å². The fourth-order valence-corrected chi connectivity index (χ4v) is 4.82. The number of benzene rings is 5. The normalized spacial score (nSPS) is 20.3. The highest BCUT2D eigenvalue weighted by atomic mass is 16.7. The molecule has 33 heavy (non-hydrogen) atoms. The Morgan fingerprint density at radius 2 is 1.27 bits per heavy atom. The lowest BCUT2D eigenvalue weighted by atomic mass is 9.82. The zero-order chi connectivity index (χ0) is 22.3. The minimum Gasteiger partial charge on any atom is -0.344 e. The molecule has 6 rings (SSSR count). The number of ketones is 1. The van der Waals surface area contributed by atoms with Crippen molar-refractivity contribution in [2.75, 3.05) is 6.61 Å². The average molecular weight is 431 g/mol. The SMILES string of the molecule is O=C(c1cccc2ccccc12)C1(c2cccc3ccccc23)COC(c2ccccc2)O1. The first-order valence-corrected chi connectivity index (χ1v) is 11.1. The number of hydrogen-bond donors (Lipinski definition) is 0. The maximum absolute atomic E-state index is 14.4. The van der Waals surface area contributed by atoms with Gasteiger partial charge in [-0.2, -0.15) is 0 Å². The van der Waals surface area contributed by atoms with Crippen LogP contribution in [0.5, 0.6) is 0 Å². The zero-order valence-corrected chi connectivity index (χ0v) is 18.0. The minimum absolute atomic E-state index is 0.0888. The lowest BCUT2D eigenvalue weighted by Gasteiger charge is -2.28. The second kappa shape index (κ2) is 7.96. The first kappa shape index (κ1) is 19.9. The fourth-order valence-electron chi connectivity index (χ4n) is 4.82. The van der Waals surface area contributed by atoms with Crippen molar-refractivity contribution >= 4 is 27.3 Å². The summed E-state index contributed by atoms with van der Waals surface area (Å²) in [6, 6.07) is 37.7. The van der Waals surface area contributed by atoms with Gasteiger partial charge in [-0.05, 0) is 21.5 Å². The molecule has 0 bridgehead atoms. The van der Waals surface area contributed by atoms with Gasteiger partial charge in [0.25, 0.3) is 0 Å². The Morgan fingerprint density at radius 3 is 2.06 bits per heavy atom. The van der Waals surface area contributed by atoms with Crippen LogP contribution in [-0.2, 0) is 15.1 Å². The largest absolute Gasteiger partial charge is 0.344 e. The van der Waals surface area contributed by atoms with Crippen LogP contribution < -0.4 is 0 Å². The van der Waals surface area contributed by atoms with Crippen molar-refractivity contribution < 1.29 is 14.3 Å². The van der Waals surface area contributed by atoms with Crippen LogP contribution >= 0.6 is 0 Å². The molecule has 2 atom stereocenters. The van der Waals surface area contributed by atoms with Crippen molar-refractivity contribution in [2.45, 2.75) is 11.9 Å². The van der Waals surface area contributed by atoms with E-state index in [2.05, 4.69) is 12.1 Å². The summed E-state index contributed by atoms with van der Waals surface area (Å²) in [7, 11) is 0. The highest BCUT2D eigenvalue weighted by Crippen LogP contribution is 2.45. The molecule has 3 nitrogen and oxygen atoms in total. The van der Waals surface area contributed by atoms with Crippen LogP contribution in [0.15, 0.2) is 115 Å². The Morgan fingerprint density at radius 1 is 0.667 bits per heavy atom. The van der Waals surface area contributed by atoms with Gasteiger partial charge in [-0.25, -0.2) is 0 Å². The summed E-state index contributed by atoms with van der Waals surface area (Å²) >= 11 is 0. The van der Waals surface area contributed by atoms with Crippen LogP contribution in [-0.4, -0.2) is 12.4 Å². The van der Waals surface area contributed by atoms with Gasteiger partial charge in [0.05, 0.1) is 6.61 Å². The van der Waals surface area contributed by atoms with Crippen LogP contribution in [0.4, 0.5) is 0 Å². The predicted molar refractivity (Wildman–Crippen MR) is 130 cm³/mol. The van der Waals surface area contributed by atoms with E-state index >= 15 is 0 Å². The van der Waals surface area contributed by atoms with Gasteiger partial charge in [-0.1, -0.05) is 115 Å². The number of carbonyl (C=O) groups excluding carboxylic acids is 1. The van der Waals surface area contributed by atoms with Crippen LogP contribution in [0, 0.1) is 0 Å². The highest BCUT2D eigenvalue weighted by Gasteiger charge is 2.50. The summed E-state index contributed by atoms with van der Waals surface area (Å²) in [6.45, 7) is 0.141. The Bertz CT molecular complexity index is 1460. The number of Topliss-reactive ketones (excluding diaryl/α,β-unsaturated/α-hetero) is 1. The van der Waals surface area contributed by atoms with E-state index in [1.54, 1.807) is 0 Å². The molecule has 1 saturated heterocycles. The number of hydrogen-bond acceptors (Lipinski definition) is 3. The molecule has 0 amide bonds. The summed E-state index contributed by atoms with van der Waals surface area (Å²) in [5.74, 6) is -0.0888. The van der Waals surface area contributed by atoms with Gasteiger partial charge in [0.1, 0.15) is 0 Å². The first-order valence-electron chi connectivity index (χ1n) is 11.1. The molecular weight excluding hydrogens is 408 g/mol. The molecule has 2 unspecified atom stereocenters. The van der Waals surface area contributed by atoms with Crippen LogP contribution in [0.2, 0.25) is 0 Å². The van der Waals surface area contributed by atoms with Crippen LogP contribution in [0.1, 0.15) is 27.8 Å². The van der Waals surface area contributed by atoms with Crippen molar-refractivity contribution in [3.05, 3.63) is 132 Å². The second-order valence-corrected chi connectivity index (χ2v) is 8.38. The molecule has 1 aliphatic rings. The standard InChI is InChI=1S/C30H22O3/c31-28(26-18-8-14-21-10-4-6-16-24(21)26)30(20-32-29(33-30)23-12-2-1-3-13-23)27-19-9-15-22-11-5-7-17-25(22)27/h1-19,29H,20H2. The van der Waals surface area contributed by atoms with Gasteiger partial charge in [0.15, 0.2) is 11.9 Å². The molecule has 1 fully saturated rings. The van der Waals surface area contributed by atoms with E-state index in [0.29, 0.717) is 5.56 Å². The molecule has 5 aromatic rings. The van der Waals surface area contributed by atoms with Crippen LogP contribution in [0.25, 0.3) is 21.5 Å². The number of fused-ring (bicyclic) bond motifs is 2. The van der Waals surface area contributed by atoms with E-state index in [-0.39, 0.29) is 12.4 Å². The molecule has 0 spiro atoms. The van der Waals surface area contributed by atoms with Gasteiger partial charge in [-0.3, -0.25) is 4.79 Å². The Hall–Kier alpha value is -3.79. The third kappa shape index (κ3) is 3.25. The molecule has 0 aliphatic carbocycles. The van der Waals surface area contributed by atoms with Gasteiger partial charge in [0, 0.05) is 16.7 Å². The van der Waals surface area contributed by atoms with Crippen molar-refractivity contribution in [3.63, 3.8) is 0 Å². The number of carbonyl (C=O) groups is 1. The first-order chi connectivity index (χ1) is 16.3. The van der Waals surface area contributed by atoms with Gasteiger partial charge in [0.2, 0.25) is 5.78 Å². The summed E-state index contributed by atoms with van der Waals surface area (Å²) in [5.41, 5.74) is 1.10. The van der Waals surface area contributed by atoms with Crippen molar-refractivity contribution in [2.24, 2.45) is 0 Å². The fraction of sp³-hybridized carbons (Fsp3) is 0.100. The van der Waals surface area contributed by atoms with E-state index in [4.69, 9.17) is 9.47 Å². The Labute approximate surface area is 192 Å².